The van der Waals surface area contributed by atoms with E-state index in [0.29, 0.717) is 0 Å². The maximum absolute atomic E-state index is 12.5. The van der Waals surface area contributed by atoms with Crippen molar-refractivity contribution in [2.45, 2.75) is 19.4 Å². The molecule has 1 aromatic heterocycles. The number of para-hydroxylation sites is 2. The van der Waals surface area contributed by atoms with E-state index < -0.39 is 0 Å². The molecule has 0 saturated carbocycles. The highest BCUT2D eigenvalue weighted by molar-refractivity contribution is 9.10. The van der Waals surface area contributed by atoms with Crippen LogP contribution in [0.15, 0.2) is 53.0 Å². The quantitative estimate of drug-likeness (QED) is 0.680. The highest BCUT2D eigenvalue weighted by atomic mass is 79.9. The molecule has 0 spiro atoms. The number of carbonyl (C=O) groups is 1. The summed E-state index contributed by atoms with van der Waals surface area (Å²) < 4.78 is 3.18. The first-order valence-corrected chi connectivity index (χ1v) is 10.1. The van der Waals surface area contributed by atoms with Crippen molar-refractivity contribution >= 4 is 38.6 Å². The van der Waals surface area contributed by atoms with Crippen LogP contribution < -0.4 is 5.32 Å². The molecule has 0 atom stereocenters. The molecule has 5 nitrogen and oxygen atoms in total. The zero-order chi connectivity index (χ0) is 18.8. The van der Waals surface area contributed by atoms with Crippen molar-refractivity contribution in [1.29, 1.82) is 0 Å². The van der Waals surface area contributed by atoms with Gasteiger partial charge < -0.3 is 9.88 Å². The number of carbonyl (C=O) groups excluding carboxylic acids is 1. The van der Waals surface area contributed by atoms with Gasteiger partial charge in [-0.1, -0.05) is 28.1 Å². The molecule has 0 unspecified atom stereocenters. The average Bonchev–Trinajstić information content (AvgIpc) is 3.00. The molecular weight excluding hydrogens is 404 g/mol. The second-order valence-electron chi connectivity index (χ2n) is 7.12. The Labute approximate surface area is 167 Å². The lowest BCUT2D eigenvalue weighted by atomic mass is 9.96. The molecule has 1 amide bonds. The van der Waals surface area contributed by atoms with Gasteiger partial charge in [0.2, 0.25) is 5.91 Å². The Morgan fingerprint density at radius 3 is 2.56 bits per heavy atom. The summed E-state index contributed by atoms with van der Waals surface area (Å²) in [6.45, 7) is 2.66. The fourth-order valence-electron chi connectivity index (χ4n) is 3.67. The third-order valence-electron chi connectivity index (χ3n) is 5.31. The van der Waals surface area contributed by atoms with E-state index >= 15 is 0 Å². The standard InChI is InChI=1S/C21H23BrN4O/c1-25-19-5-3-2-4-18(19)24-20(25)14-26-12-10-15(11-13-26)21(27)23-17-8-6-16(22)7-9-17/h2-9,15H,10-14H2,1H3,(H,23,27). The fraction of sp³-hybridized carbons (Fsp3) is 0.333. The van der Waals surface area contributed by atoms with Crippen LogP contribution in [-0.4, -0.2) is 33.4 Å². The molecule has 27 heavy (non-hydrogen) atoms. The lowest BCUT2D eigenvalue weighted by molar-refractivity contribution is -0.121. The van der Waals surface area contributed by atoms with Gasteiger partial charge in [-0.2, -0.15) is 0 Å². The number of nitrogens with one attached hydrogen (secondary N) is 1. The first-order chi connectivity index (χ1) is 13.1. The maximum atomic E-state index is 12.5. The molecule has 3 aromatic rings. The van der Waals surface area contributed by atoms with Gasteiger partial charge >= 0.3 is 0 Å². The number of benzene rings is 2. The summed E-state index contributed by atoms with van der Waals surface area (Å²) in [5.74, 6) is 1.28. The van der Waals surface area contributed by atoms with Crippen LogP contribution >= 0.6 is 15.9 Å². The summed E-state index contributed by atoms with van der Waals surface area (Å²) >= 11 is 3.41. The van der Waals surface area contributed by atoms with E-state index in [0.717, 1.165) is 59.5 Å². The van der Waals surface area contributed by atoms with E-state index in [1.165, 1.54) is 0 Å². The molecule has 6 heteroatoms. The number of imidazole rings is 1. The van der Waals surface area contributed by atoms with Crippen molar-refractivity contribution in [1.82, 2.24) is 14.5 Å². The summed E-state index contributed by atoms with van der Waals surface area (Å²) in [6, 6.07) is 15.9. The summed E-state index contributed by atoms with van der Waals surface area (Å²) in [5.41, 5.74) is 3.06. The van der Waals surface area contributed by atoms with Crippen LogP contribution in [0.3, 0.4) is 0 Å². The normalized spacial score (nSPS) is 15.9. The second-order valence-corrected chi connectivity index (χ2v) is 8.04. The summed E-state index contributed by atoms with van der Waals surface area (Å²) in [4.78, 5) is 19.7. The molecule has 1 N–H and O–H groups in total. The van der Waals surface area contributed by atoms with Gasteiger partial charge in [0.05, 0.1) is 17.6 Å². The fourth-order valence-corrected chi connectivity index (χ4v) is 3.93. The molecular formula is C21H23BrN4O. The van der Waals surface area contributed by atoms with Gasteiger partial charge in [-0.05, 0) is 62.3 Å². The van der Waals surface area contributed by atoms with Crippen molar-refractivity contribution in [3.63, 3.8) is 0 Å². The summed E-state index contributed by atoms with van der Waals surface area (Å²) in [6.07, 6.45) is 1.76. The zero-order valence-corrected chi connectivity index (χ0v) is 16.9. The highest BCUT2D eigenvalue weighted by Gasteiger charge is 2.25. The lowest BCUT2D eigenvalue weighted by Crippen LogP contribution is -2.38. The monoisotopic (exact) mass is 426 g/mol. The number of hydrogen-bond donors (Lipinski definition) is 1. The first-order valence-electron chi connectivity index (χ1n) is 9.29. The van der Waals surface area contributed by atoms with E-state index in [1.54, 1.807) is 0 Å². The number of rotatable bonds is 4. The third kappa shape index (κ3) is 4.06. The minimum absolute atomic E-state index is 0.0744. The van der Waals surface area contributed by atoms with Crippen LogP contribution in [0.5, 0.6) is 0 Å². The number of hydrogen-bond acceptors (Lipinski definition) is 3. The molecule has 0 radical (unpaired) electrons. The van der Waals surface area contributed by atoms with Gasteiger partial charge in [-0.25, -0.2) is 4.98 Å². The highest BCUT2D eigenvalue weighted by Crippen LogP contribution is 2.23. The number of aromatic nitrogens is 2. The topological polar surface area (TPSA) is 50.2 Å². The molecule has 1 aliphatic rings. The molecule has 0 bridgehead atoms. The number of amides is 1. The minimum Gasteiger partial charge on any atom is -0.330 e. The number of anilines is 1. The van der Waals surface area contributed by atoms with Gasteiger partial charge in [-0.15, -0.1) is 0 Å². The van der Waals surface area contributed by atoms with Crippen LogP contribution in [0.2, 0.25) is 0 Å². The SMILES string of the molecule is Cn1c(CN2CCC(C(=O)Nc3ccc(Br)cc3)CC2)nc2ccccc21. The smallest absolute Gasteiger partial charge is 0.227 e. The predicted octanol–water partition coefficient (Wildman–Crippen LogP) is 4.19. The second kappa shape index (κ2) is 7.82. The van der Waals surface area contributed by atoms with Crippen LogP contribution in [0, 0.1) is 5.92 Å². The Morgan fingerprint density at radius 1 is 1.15 bits per heavy atom. The van der Waals surface area contributed by atoms with E-state index in [9.17, 15) is 4.79 Å². The minimum atomic E-state index is 0.0744. The third-order valence-corrected chi connectivity index (χ3v) is 5.84. The Kier molecular flexibility index (Phi) is 5.27. The molecule has 4 rings (SSSR count). The Hall–Kier alpha value is -2.18. The number of halogens is 1. The molecule has 1 saturated heterocycles. The van der Waals surface area contributed by atoms with Crippen LogP contribution in [0.4, 0.5) is 5.69 Å². The van der Waals surface area contributed by atoms with Gasteiger partial charge in [-0.3, -0.25) is 9.69 Å². The van der Waals surface area contributed by atoms with E-state index in [4.69, 9.17) is 4.98 Å². The number of nitrogens with zero attached hydrogens (tertiary/aromatic N) is 3. The Balaban J connectivity index is 1.33. The van der Waals surface area contributed by atoms with Crippen molar-refractivity contribution in [3.8, 4) is 0 Å². The predicted molar refractivity (Wildman–Crippen MR) is 111 cm³/mol. The van der Waals surface area contributed by atoms with Gasteiger partial charge in [0.25, 0.3) is 0 Å². The Bertz CT molecular complexity index is 942. The van der Waals surface area contributed by atoms with Crippen LogP contribution in [0.1, 0.15) is 18.7 Å². The number of fused-ring (bicyclic) bond motifs is 1. The summed E-state index contributed by atoms with van der Waals surface area (Å²) in [5, 5.41) is 3.04. The van der Waals surface area contributed by atoms with E-state index in [-0.39, 0.29) is 11.8 Å². The van der Waals surface area contributed by atoms with Crippen molar-refractivity contribution < 1.29 is 4.79 Å². The summed E-state index contributed by atoms with van der Waals surface area (Å²) in [7, 11) is 2.07. The molecule has 1 fully saturated rings. The van der Waals surface area contributed by atoms with Crippen molar-refractivity contribution in [3.05, 3.63) is 58.8 Å². The van der Waals surface area contributed by atoms with Gasteiger partial charge in [0.1, 0.15) is 5.82 Å². The molecule has 140 valence electrons. The first kappa shape index (κ1) is 18.2. The van der Waals surface area contributed by atoms with Crippen LogP contribution in [-0.2, 0) is 18.4 Å². The van der Waals surface area contributed by atoms with Crippen LogP contribution in [0.25, 0.3) is 11.0 Å². The number of likely N-dealkylation sites (tertiary alicyclic amines) is 1. The van der Waals surface area contributed by atoms with E-state index in [2.05, 4.69) is 49.9 Å². The number of aryl methyl sites for hydroxylation is 1. The molecule has 2 heterocycles. The zero-order valence-electron chi connectivity index (χ0n) is 15.4. The average molecular weight is 427 g/mol. The van der Waals surface area contributed by atoms with Crippen molar-refractivity contribution in [2.24, 2.45) is 13.0 Å². The van der Waals surface area contributed by atoms with Gasteiger partial charge in [0, 0.05) is 23.1 Å². The largest absolute Gasteiger partial charge is 0.330 e. The van der Waals surface area contributed by atoms with Gasteiger partial charge in [0.15, 0.2) is 0 Å². The van der Waals surface area contributed by atoms with E-state index in [1.807, 2.05) is 36.4 Å². The van der Waals surface area contributed by atoms with Crippen molar-refractivity contribution in [2.75, 3.05) is 18.4 Å². The maximum Gasteiger partial charge on any atom is 0.227 e. The number of piperidine rings is 1. The Morgan fingerprint density at radius 2 is 1.85 bits per heavy atom. The molecule has 0 aliphatic carbocycles. The molecule has 1 aliphatic heterocycles. The lowest BCUT2D eigenvalue weighted by Gasteiger charge is -2.31. The molecule has 2 aromatic carbocycles.